The van der Waals surface area contributed by atoms with Crippen LogP contribution in [0, 0.1) is 17.7 Å². The molecule has 1 N–H and O–H groups in total. The van der Waals surface area contributed by atoms with E-state index < -0.39 is 6.04 Å². The zero-order chi connectivity index (χ0) is 20.7. The Morgan fingerprint density at radius 2 is 2.00 bits per heavy atom. The van der Waals surface area contributed by atoms with Crippen molar-refractivity contribution in [3.63, 3.8) is 0 Å². The van der Waals surface area contributed by atoms with Crippen molar-refractivity contribution >= 4 is 34.8 Å². The summed E-state index contributed by atoms with van der Waals surface area (Å²) in [5.74, 6) is -0.115. The van der Waals surface area contributed by atoms with E-state index in [9.17, 15) is 14.0 Å². The zero-order valence-electron chi connectivity index (χ0n) is 16.4. The first-order valence-corrected chi connectivity index (χ1v) is 11.1. The van der Waals surface area contributed by atoms with Gasteiger partial charge in [0.05, 0.1) is 10.4 Å². The molecule has 4 rings (SSSR count). The van der Waals surface area contributed by atoms with Crippen LogP contribution < -0.4 is 5.32 Å². The van der Waals surface area contributed by atoms with Gasteiger partial charge in [-0.15, -0.1) is 11.3 Å². The largest absolute Gasteiger partial charge is 0.345 e. The van der Waals surface area contributed by atoms with Gasteiger partial charge in [-0.3, -0.25) is 9.59 Å². The summed E-state index contributed by atoms with van der Waals surface area (Å²) in [6.07, 6.45) is 1.37. The fraction of sp³-hybridized carbons (Fsp3) is 0.455. The minimum Gasteiger partial charge on any atom is -0.345 e. The first-order valence-electron chi connectivity index (χ1n) is 9.95. The first-order chi connectivity index (χ1) is 13.8. The lowest BCUT2D eigenvalue weighted by Crippen LogP contribution is -2.59. The lowest BCUT2D eigenvalue weighted by molar-refractivity contribution is -0.146. The third-order valence-corrected chi connectivity index (χ3v) is 7.04. The maximum atomic E-state index is 13.4. The Hall–Kier alpha value is -1.92. The van der Waals surface area contributed by atoms with Crippen molar-refractivity contribution < 1.29 is 14.0 Å². The summed E-state index contributed by atoms with van der Waals surface area (Å²) in [6.45, 7) is 4.56. The van der Waals surface area contributed by atoms with Gasteiger partial charge in [0, 0.05) is 17.3 Å². The summed E-state index contributed by atoms with van der Waals surface area (Å²) in [6, 6.07) is 9.38. The van der Waals surface area contributed by atoms with E-state index in [0.717, 1.165) is 16.9 Å². The summed E-state index contributed by atoms with van der Waals surface area (Å²) in [7, 11) is 0. The number of benzene rings is 1. The molecule has 29 heavy (non-hydrogen) atoms. The summed E-state index contributed by atoms with van der Waals surface area (Å²) < 4.78 is 13.9. The van der Waals surface area contributed by atoms with Crippen LogP contribution in [0.25, 0.3) is 0 Å². The molecule has 2 heterocycles. The summed E-state index contributed by atoms with van der Waals surface area (Å²) >= 11 is 7.49. The second-order valence-electron chi connectivity index (χ2n) is 8.34. The third-order valence-electron chi connectivity index (χ3n) is 5.70. The van der Waals surface area contributed by atoms with Crippen LogP contribution in [-0.4, -0.2) is 29.3 Å². The molecule has 1 aromatic carbocycles. The van der Waals surface area contributed by atoms with Gasteiger partial charge in [0.25, 0.3) is 0 Å². The SMILES string of the molecule is CC(C)CC1C(=O)NC(c2ccc(Cl)s2)CN1C(=O)C1CC1c1ccc(F)cc1. The fourth-order valence-corrected chi connectivity index (χ4v) is 5.24. The van der Waals surface area contributed by atoms with E-state index in [1.807, 2.05) is 12.1 Å². The number of hydrogen-bond acceptors (Lipinski definition) is 3. The number of thiophene rings is 1. The topological polar surface area (TPSA) is 49.4 Å². The Kier molecular flexibility index (Phi) is 5.67. The van der Waals surface area contributed by atoms with Crippen LogP contribution >= 0.6 is 22.9 Å². The van der Waals surface area contributed by atoms with Crippen LogP contribution in [0.4, 0.5) is 4.39 Å². The second-order valence-corrected chi connectivity index (χ2v) is 10.1. The average Bonchev–Trinajstić information content (AvgIpc) is 3.36. The van der Waals surface area contributed by atoms with Crippen LogP contribution in [0.15, 0.2) is 36.4 Å². The van der Waals surface area contributed by atoms with E-state index in [0.29, 0.717) is 23.2 Å². The lowest BCUT2D eigenvalue weighted by Gasteiger charge is -2.40. The molecule has 7 heteroatoms. The van der Waals surface area contributed by atoms with Gasteiger partial charge >= 0.3 is 0 Å². The van der Waals surface area contributed by atoms with Gasteiger partial charge in [-0.2, -0.15) is 0 Å². The predicted molar refractivity (Wildman–Crippen MR) is 112 cm³/mol. The predicted octanol–water partition coefficient (Wildman–Crippen LogP) is 4.76. The molecule has 1 aliphatic carbocycles. The molecule has 154 valence electrons. The molecule has 2 aliphatic rings. The highest BCUT2D eigenvalue weighted by atomic mass is 35.5. The van der Waals surface area contributed by atoms with E-state index in [1.54, 1.807) is 17.0 Å². The van der Waals surface area contributed by atoms with Gasteiger partial charge < -0.3 is 10.2 Å². The van der Waals surface area contributed by atoms with Crippen molar-refractivity contribution in [3.05, 3.63) is 57.0 Å². The quantitative estimate of drug-likeness (QED) is 0.737. The number of nitrogens with one attached hydrogen (secondary N) is 1. The van der Waals surface area contributed by atoms with Crippen molar-refractivity contribution in [2.75, 3.05) is 6.54 Å². The second kappa shape index (κ2) is 8.07. The van der Waals surface area contributed by atoms with Crippen LogP contribution in [0.1, 0.15) is 49.1 Å². The molecule has 4 unspecified atom stereocenters. The first kappa shape index (κ1) is 20.4. The third kappa shape index (κ3) is 4.33. The average molecular weight is 435 g/mol. The smallest absolute Gasteiger partial charge is 0.243 e. The van der Waals surface area contributed by atoms with E-state index in [2.05, 4.69) is 19.2 Å². The minimum absolute atomic E-state index is 0.0208. The number of carbonyl (C=O) groups excluding carboxylic acids is 2. The molecule has 2 amide bonds. The molecule has 0 spiro atoms. The molecule has 1 saturated carbocycles. The van der Waals surface area contributed by atoms with Gasteiger partial charge in [-0.1, -0.05) is 37.6 Å². The van der Waals surface area contributed by atoms with Crippen LogP contribution in [-0.2, 0) is 9.59 Å². The standard InChI is InChI=1S/C22H24ClFN2O2S/c1-12(2)9-18-21(27)25-17(19-7-8-20(23)29-19)11-26(18)22(28)16-10-15(16)13-3-5-14(24)6-4-13/h3-8,12,15-18H,9-11H2,1-2H3,(H,25,27). The molecular formula is C22H24ClFN2O2S. The minimum atomic E-state index is -0.455. The number of amides is 2. The Balaban J connectivity index is 1.54. The van der Waals surface area contributed by atoms with Crippen molar-refractivity contribution in [2.24, 2.45) is 11.8 Å². The highest BCUT2D eigenvalue weighted by Crippen LogP contribution is 2.49. The van der Waals surface area contributed by atoms with Crippen molar-refractivity contribution in [3.8, 4) is 0 Å². The zero-order valence-corrected chi connectivity index (χ0v) is 18.0. The molecule has 1 saturated heterocycles. The molecule has 2 aromatic rings. The van der Waals surface area contributed by atoms with E-state index in [1.165, 1.54) is 23.5 Å². The van der Waals surface area contributed by atoms with Crippen LogP contribution in [0.3, 0.4) is 0 Å². The van der Waals surface area contributed by atoms with Crippen molar-refractivity contribution in [1.29, 1.82) is 0 Å². The molecule has 4 nitrogen and oxygen atoms in total. The number of carbonyl (C=O) groups is 2. The Morgan fingerprint density at radius 3 is 2.62 bits per heavy atom. The molecule has 1 aromatic heterocycles. The maximum absolute atomic E-state index is 13.4. The van der Waals surface area contributed by atoms with Gasteiger partial charge in [0.2, 0.25) is 11.8 Å². The Bertz CT molecular complexity index is 914. The Morgan fingerprint density at radius 1 is 1.28 bits per heavy atom. The number of piperazine rings is 1. The summed E-state index contributed by atoms with van der Waals surface area (Å²) in [5.41, 5.74) is 0.980. The molecule has 4 atom stereocenters. The fourth-order valence-electron chi connectivity index (χ4n) is 4.14. The highest BCUT2D eigenvalue weighted by molar-refractivity contribution is 7.16. The molecular weight excluding hydrogens is 411 g/mol. The van der Waals surface area contributed by atoms with Crippen LogP contribution in [0.5, 0.6) is 0 Å². The molecule has 0 bridgehead atoms. The van der Waals surface area contributed by atoms with Gasteiger partial charge in [-0.05, 0) is 54.5 Å². The number of nitrogens with zero attached hydrogens (tertiary/aromatic N) is 1. The monoisotopic (exact) mass is 434 g/mol. The Labute approximate surface area is 179 Å². The van der Waals surface area contributed by atoms with Gasteiger partial charge in [0.1, 0.15) is 11.9 Å². The number of halogens is 2. The maximum Gasteiger partial charge on any atom is 0.243 e. The van der Waals surface area contributed by atoms with Gasteiger partial charge in [0.15, 0.2) is 0 Å². The number of rotatable bonds is 5. The highest BCUT2D eigenvalue weighted by Gasteiger charge is 2.49. The van der Waals surface area contributed by atoms with E-state index in [4.69, 9.17) is 11.6 Å². The molecule has 0 radical (unpaired) electrons. The van der Waals surface area contributed by atoms with Crippen molar-refractivity contribution in [1.82, 2.24) is 10.2 Å². The van der Waals surface area contributed by atoms with Crippen molar-refractivity contribution in [2.45, 2.75) is 44.7 Å². The molecule has 1 aliphatic heterocycles. The summed E-state index contributed by atoms with van der Waals surface area (Å²) in [4.78, 5) is 29.0. The summed E-state index contributed by atoms with van der Waals surface area (Å²) in [5, 5.41) is 3.07. The van der Waals surface area contributed by atoms with E-state index in [-0.39, 0.29) is 35.5 Å². The van der Waals surface area contributed by atoms with Gasteiger partial charge in [-0.25, -0.2) is 4.39 Å². The number of hydrogen-bond donors (Lipinski definition) is 1. The van der Waals surface area contributed by atoms with Crippen LogP contribution in [0.2, 0.25) is 4.34 Å². The normalized spacial score (nSPS) is 26.5. The molecule has 2 fully saturated rings. The lowest BCUT2D eigenvalue weighted by atomic mass is 9.97. The van der Waals surface area contributed by atoms with E-state index >= 15 is 0 Å².